The summed E-state index contributed by atoms with van der Waals surface area (Å²) in [4.78, 5) is 31.2. The van der Waals surface area contributed by atoms with Crippen LogP contribution in [0, 0.1) is 0 Å². The van der Waals surface area contributed by atoms with Crippen LogP contribution in [0.25, 0.3) is 33.0 Å². The first-order valence-corrected chi connectivity index (χ1v) is 11.0. The molecule has 8 heteroatoms. The van der Waals surface area contributed by atoms with Crippen molar-refractivity contribution < 1.29 is 19.4 Å². The summed E-state index contributed by atoms with van der Waals surface area (Å²) in [6, 6.07) is 13.3. The molecule has 8 nitrogen and oxygen atoms in total. The van der Waals surface area contributed by atoms with Crippen molar-refractivity contribution >= 4 is 44.8 Å². The molecule has 0 saturated carbocycles. The number of methoxy groups -OCH3 is 1. The second-order valence-corrected chi connectivity index (χ2v) is 8.78. The highest BCUT2D eigenvalue weighted by Gasteiger charge is 2.35. The minimum Gasteiger partial charge on any atom is -0.497 e. The highest BCUT2D eigenvalue weighted by atomic mass is 16.5. The summed E-state index contributed by atoms with van der Waals surface area (Å²) in [5.41, 5.74) is 3.67. The zero-order valence-electron chi connectivity index (χ0n) is 19.3. The Balaban J connectivity index is 1.73. The maximum atomic E-state index is 13.1. The number of nitrogens with one attached hydrogen (secondary N) is 2. The van der Waals surface area contributed by atoms with Crippen molar-refractivity contribution in [2.45, 2.75) is 12.6 Å². The summed E-state index contributed by atoms with van der Waals surface area (Å²) < 4.78 is 7.33. The number of para-hydroxylation sites is 1. The predicted molar refractivity (Wildman–Crippen MR) is 131 cm³/mol. The first-order chi connectivity index (χ1) is 16.4. The summed E-state index contributed by atoms with van der Waals surface area (Å²) in [5, 5.41) is 14.7. The Kier molecular flexibility index (Phi) is 5.47. The summed E-state index contributed by atoms with van der Waals surface area (Å²) in [5.74, 6) is -0.195. The molecule has 0 saturated heterocycles. The van der Waals surface area contributed by atoms with Crippen LogP contribution in [0.4, 0.5) is 0 Å². The summed E-state index contributed by atoms with van der Waals surface area (Å²) in [7, 11) is 5.40. The molecule has 3 N–H and O–H groups in total. The maximum Gasteiger partial charge on any atom is 0.259 e. The first kappa shape index (κ1) is 21.9. The topological polar surface area (TPSA) is 99.6 Å². The highest BCUT2D eigenvalue weighted by Crippen LogP contribution is 2.39. The molecule has 4 aromatic rings. The summed E-state index contributed by atoms with van der Waals surface area (Å²) >= 11 is 0. The van der Waals surface area contributed by atoms with Crippen LogP contribution < -0.4 is 10.1 Å². The van der Waals surface area contributed by atoms with Gasteiger partial charge in [-0.3, -0.25) is 14.9 Å². The fourth-order valence-corrected chi connectivity index (χ4v) is 4.70. The van der Waals surface area contributed by atoms with Gasteiger partial charge in [0, 0.05) is 59.0 Å². The molecule has 2 amide bonds. The van der Waals surface area contributed by atoms with Crippen LogP contribution in [0.1, 0.15) is 11.1 Å². The third-order valence-electron chi connectivity index (χ3n) is 6.13. The van der Waals surface area contributed by atoms with Crippen molar-refractivity contribution in [1.29, 1.82) is 0 Å². The Morgan fingerprint density at radius 3 is 2.50 bits per heavy atom. The standard InChI is InChI=1S/C26H26N4O4/c1-29(2)12-15(31)13-30-14-20(18-9-8-16(34-3)10-22(18)30)24-23(25(32)28-26(24)33)19-11-27-21-7-5-4-6-17(19)21/h4-11,14-15,27,31H,12-13H2,1-3H3,(H,28,32,33). The molecule has 0 spiro atoms. The van der Waals surface area contributed by atoms with Crippen molar-refractivity contribution in [1.82, 2.24) is 19.8 Å². The van der Waals surface area contributed by atoms with Gasteiger partial charge in [0.25, 0.3) is 11.8 Å². The van der Waals surface area contributed by atoms with Gasteiger partial charge < -0.3 is 24.3 Å². The van der Waals surface area contributed by atoms with E-state index in [1.165, 1.54) is 0 Å². The Hall–Kier alpha value is -3.88. The largest absolute Gasteiger partial charge is 0.497 e. The molecule has 0 radical (unpaired) electrons. The number of fused-ring (bicyclic) bond motifs is 2. The van der Waals surface area contributed by atoms with Crippen LogP contribution in [0.5, 0.6) is 5.75 Å². The summed E-state index contributed by atoms with van der Waals surface area (Å²) in [6.45, 7) is 0.814. The van der Waals surface area contributed by atoms with E-state index >= 15 is 0 Å². The lowest BCUT2D eigenvalue weighted by Gasteiger charge is -2.17. The van der Waals surface area contributed by atoms with Crippen molar-refractivity contribution in [2.24, 2.45) is 0 Å². The smallest absolute Gasteiger partial charge is 0.259 e. The molecule has 0 bridgehead atoms. The number of aromatic amines is 1. The Bertz CT molecular complexity index is 1460. The van der Waals surface area contributed by atoms with Crippen molar-refractivity contribution in [3.05, 3.63) is 66.0 Å². The molecule has 1 aliphatic rings. The zero-order valence-corrected chi connectivity index (χ0v) is 19.3. The van der Waals surface area contributed by atoms with E-state index in [-0.39, 0.29) is 0 Å². The SMILES string of the molecule is COc1ccc2c(C3=C(c4c[nH]c5ccccc45)C(=O)NC3=O)cn(CC(O)CN(C)C)c2c1. The number of nitrogens with zero attached hydrogens (tertiary/aromatic N) is 2. The summed E-state index contributed by atoms with van der Waals surface area (Å²) in [6.07, 6.45) is 2.98. The van der Waals surface area contributed by atoms with E-state index in [1.807, 2.05) is 72.2 Å². The van der Waals surface area contributed by atoms with Gasteiger partial charge in [-0.25, -0.2) is 0 Å². The lowest BCUT2D eigenvalue weighted by Crippen LogP contribution is -2.29. The van der Waals surface area contributed by atoms with Crippen LogP contribution in [-0.2, 0) is 16.1 Å². The Labute approximate surface area is 196 Å². The third kappa shape index (κ3) is 3.67. The second kappa shape index (κ2) is 8.48. The number of hydrogen-bond donors (Lipinski definition) is 3. The van der Waals surface area contributed by atoms with Crippen LogP contribution in [0.2, 0.25) is 0 Å². The zero-order chi connectivity index (χ0) is 24.0. The van der Waals surface area contributed by atoms with E-state index in [0.29, 0.717) is 41.1 Å². The molecular formula is C26H26N4O4. The number of rotatable bonds is 7. The number of carbonyl (C=O) groups excluding carboxylic acids is 2. The molecule has 34 heavy (non-hydrogen) atoms. The van der Waals surface area contributed by atoms with Crippen molar-refractivity contribution in [3.63, 3.8) is 0 Å². The van der Waals surface area contributed by atoms with Crippen molar-refractivity contribution in [2.75, 3.05) is 27.7 Å². The quantitative estimate of drug-likeness (QED) is 0.370. The molecule has 3 heterocycles. The fourth-order valence-electron chi connectivity index (χ4n) is 4.70. The van der Waals surface area contributed by atoms with Crippen LogP contribution >= 0.6 is 0 Å². The van der Waals surface area contributed by atoms with E-state index < -0.39 is 17.9 Å². The third-order valence-corrected chi connectivity index (χ3v) is 6.13. The molecule has 2 aromatic heterocycles. The number of carbonyl (C=O) groups is 2. The van der Waals surface area contributed by atoms with E-state index in [1.54, 1.807) is 13.3 Å². The van der Waals surface area contributed by atoms with Gasteiger partial charge in [0.15, 0.2) is 0 Å². The number of aliphatic hydroxyl groups is 1. The maximum absolute atomic E-state index is 13.1. The Morgan fingerprint density at radius 2 is 1.76 bits per heavy atom. The number of aliphatic hydroxyl groups excluding tert-OH is 1. The number of hydrogen-bond acceptors (Lipinski definition) is 5. The average Bonchev–Trinajstić information content (AvgIpc) is 3.45. The number of H-pyrrole nitrogens is 1. The predicted octanol–water partition coefficient (Wildman–Crippen LogP) is 2.62. The molecule has 2 aromatic carbocycles. The number of imide groups is 1. The number of aromatic nitrogens is 2. The number of likely N-dealkylation sites (N-methyl/N-ethyl adjacent to an activating group) is 1. The molecule has 5 rings (SSSR count). The van der Waals surface area contributed by atoms with Crippen LogP contribution in [0.15, 0.2) is 54.9 Å². The molecule has 174 valence electrons. The van der Waals surface area contributed by atoms with Gasteiger partial charge in [0.05, 0.1) is 29.9 Å². The van der Waals surface area contributed by atoms with Crippen LogP contribution in [0.3, 0.4) is 0 Å². The van der Waals surface area contributed by atoms with Gasteiger partial charge in [-0.2, -0.15) is 0 Å². The fraction of sp³-hybridized carbons (Fsp3) is 0.231. The van der Waals surface area contributed by atoms with Crippen molar-refractivity contribution in [3.8, 4) is 5.75 Å². The van der Waals surface area contributed by atoms with Gasteiger partial charge >= 0.3 is 0 Å². The molecule has 0 aliphatic carbocycles. The van der Waals surface area contributed by atoms with Gasteiger partial charge in [-0.05, 0) is 32.3 Å². The minimum absolute atomic E-state index is 0.325. The normalized spacial score (nSPS) is 15.1. The van der Waals surface area contributed by atoms with Crippen LogP contribution in [-0.4, -0.2) is 65.2 Å². The second-order valence-electron chi connectivity index (χ2n) is 8.78. The molecule has 1 unspecified atom stereocenters. The van der Waals surface area contributed by atoms with E-state index in [9.17, 15) is 14.7 Å². The minimum atomic E-state index is -0.620. The lowest BCUT2D eigenvalue weighted by atomic mass is 9.95. The molecule has 1 atom stereocenters. The molecule has 1 aliphatic heterocycles. The number of ether oxygens (including phenoxy) is 1. The number of amides is 2. The first-order valence-electron chi connectivity index (χ1n) is 11.0. The lowest BCUT2D eigenvalue weighted by molar-refractivity contribution is -0.122. The van der Waals surface area contributed by atoms with Gasteiger partial charge in [0.1, 0.15) is 5.75 Å². The molecule has 0 fully saturated rings. The highest BCUT2D eigenvalue weighted by molar-refractivity contribution is 6.50. The monoisotopic (exact) mass is 458 g/mol. The van der Waals surface area contributed by atoms with E-state index in [0.717, 1.165) is 21.8 Å². The van der Waals surface area contributed by atoms with Gasteiger partial charge in [0.2, 0.25) is 0 Å². The van der Waals surface area contributed by atoms with Gasteiger partial charge in [-0.15, -0.1) is 0 Å². The Morgan fingerprint density at radius 1 is 1.03 bits per heavy atom. The van der Waals surface area contributed by atoms with E-state index in [4.69, 9.17) is 4.74 Å². The average molecular weight is 459 g/mol. The number of benzene rings is 2. The van der Waals surface area contributed by atoms with Gasteiger partial charge in [-0.1, -0.05) is 18.2 Å². The molecular weight excluding hydrogens is 432 g/mol. The van der Waals surface area contributed by atoms with E-state index in [2.05, 4.69) is 10.3 Å².